The third kappa shape index (κ3) is 5.70. The van der Waals surface area contributed by atoms with Gasteiger partial charge in [-0.3, -0.25) is 14.9 Å². The number of hydrogen-bond acceptors (Lipinski definition) is 7. The number of carbonyl (C=O) groups excluding carboxylic acids is 2. The third-order valence-corrected chi connectivity index (χ3v) is 4.49. The van der Waals surface area contributed by atoms with E-state index in [0.29, 0.717) is 17.2 Å². The van der Waals surface area contributed by atoms with E-state index in [2.05, 4.69) is 26.2 Å². The number of amides is 2. The molecule has 162 valence electrons. The average molecular weight is 448 g/mol. The molecule has 3 N–H and O–H groups in total. The van der Waals surface area contributed by atoms with Crippen LogP contribution in [0.4, 0.5) is 10.1 Å². The monoisotopic (exact) mass is 447 g/mol. The minimum atomic E-state index is -0.922. The molecule has 31 heavy (non-hydrogen) atoms. The van der Waals surface area contributed by atoms with Gasteiger partial charge in [-0.15, -0.1) is 0 Å². The van der Waals surface area contributed by atoms with Crippen molar-refractivity contribution < 1.29 is 23.5 Å². The van der Waals surface area contributed by atoms with Crippen LogP contribution in [0.25, 0.3) is 0 Å². The van der Waals surface area contributed by atoms with Crippen LogP contribution in [-0.4, -0.2) is 44.2 Å². The summed E-state index contributed by atoms with van der Waals surface area (Å²) in [5.74, 6) is -0.263. The molecule has 0 fully saturated rings. The quantitative estimate of drug-likeness (QED) is 0.445. The number of carbonyl (C=O) groups is 2. The molecule has 1 unspecified atom stereocenters. The van der Waals surface area contributed by atoms with Crippen LogP contribution in [0.1, 0.15) is 12.0 Å². The van der Waals surface area contributed by atoms with Crippen LogP contribution in [0.3, 0.4) is 0 Å². The summed E-state index contributed by atoms with van der Waals surface area (Å²) >= 11 is 5.69. The molecule has 11 heteroatoms. The number of aliphatic imine (C=N–C) groups is 1. The molecule has 2 aromatic carbocycles. The average Bonchev–Trinajstić information content (AvgIpc) is 3.09. The summed E-state index contributed by atoms with van der Waals surface area (Å²) < 4.78 is 23.6. The van der Waals surface area contributed by atoms with E-state index in [1.807, 2.05) is 0 Å². The lowest BCUT2D eigenvalue weighted by Gasteiger charge is -2.07. The highest BCUT2D eigenvalue weighted by Gasteiger charge is 2.28. The number of hydrazone groups is 1. The smallest absolute Gasteiger partial charge is 0.252 e. The van der Waals surface area contributed by atoms with Crippen molar-refractivity contribution in [1.29, 1.82) is 0 Å². The van der Waals surface area contributed by atoms with E-state index in [-0.39, 0.29) is 17.4 Å². The Kier molecular flexibility index (Phi) is 7.03. The van der Waals surface area contributed by atoms with E-state index in [4.69, 9.17) is 21.1 Å². The second-order valence-corrected chi connectivity index (χ2v) is 6.76. The number of guanidine groups is 1. The van der Waals surface area contributed by atoms with Crippen molar-refractivity contribution in [3.63, 3.8) is 0 Å². The Hall–Kier alpha value is -3.66. The molecule has 1 aliphatic rings. The SMILES string of the molecule is COc1ccc(C=NNC2=NC(CC(=O)Nc3ccc(F)c(Cl)c3)C(=O)N2)cc1OC. The lowest BCUT2D eigenvalue weighted by atomic mass is 10.2. The standard InChI is InChI=1S/C20H19ClFN5O4/c1-30-16-6-3-11(7-17(16)31-2)10-23-27-20-25-15(19(29)26-20)9-18(28)24-12-4-5-14(22)13(21)8-12/h3-8,10,15H,9H2,1-2H3,(H,24,28)(H2,25,26,27,29). The Morgan fingerprint density at radius 1 is 1.26 bits per heavy atom. The van der Waals surface area contributed by atoms with E-state index >= 15 is 0 Å². The van der Waals surface area contributed by atoms with E-state index in [1.165, 1.54) is 25.5 Å². The molecule has 0 bridgehead atoms. The first kappa shape index (κ1) is 22.0. The Bertz CT molecular complexity index is 1060. The fraction of sp³-hybridized carbons (Fsp3) is 0.200. The molecular formula is C20H19ClFN5O4. The molecule has 9 nitrogen and oxygen atoms in total. The van der Waals surface area contributed by atoms with Crippen LogP contribution >= 0.6 is 11.6 Å². The third-order valence-electron chi connectivity index (χ3n) is 4.20. The molecule has 0 spiro atoms. The van der Waals surface area contributed by atoms with Crippen molar-refractivity contribution in [3.8, 4) is 11.5 Å². The minimum absolute atomic E-state index is 0.115. The summed E-state index contributed by atoms with van der Waals surface area (Å²) in [5.41, 5.74) is 3.66. The van der Waals surface area contributed by atoms with Gasteiger partial charge in [-0.1, -0.05) is 11.6 Å². The Morgan fingerprint density at radius 2 is 2.03 bits per heavy atom. The molecule has 0 saturated carbocycles. The molecule has 1 heterocycles. The van der Waals surface area contributed by atoms with Crippen molar-refractivity contribution in [2.75, 3.05) is 19.5 Å². The molecule has 2 amide bonds. The summed E-state index contributed by atoms with van der Waals surface area (Å²) in [6.07, 6.45) is 1.31. The van der Waals surface area contributed by atoms with Gasteiger partial charge >= 0.3 is 0 Å². The Balaban J connectivity index is 1.56. The van der Waals surface area contributed by atoms with Crippen LogP contribution in [0, 0.1) is 5.82 Å². The van der Waals surface area contributed by atoms with E-state index < -0.39 is 23.7 Å². The zero-order chi connectivity index (χ0) is 22.4. The topological polar surface area (TPSA) is 113 Å². The number of halogens is 2. The second-order valence-electron chi connectivity index (χ2n) is 6.35. The van der Waals surface area contributed by atoms with E-state index in [0.717, 1.165) is 11.6 Å². The van der Waals surface area contributed by atoms with Crippen LogP contribution in [-0.2, 0) is 9.59 Å². The van der Waals surface area contributed by atoms with Gasteiger partial charge in [-0.05, 0) is 42.0 Å². The van der Waals surface area contributed by atoms with Gasteiger partial charge < -0.3 is 14.8 Å². The van der Waals surface area contributed by atoms with Crippen molar-refractivity contribution >= 4 is 41.3 Å². The van der Waals surface area contributed by atoms with Gasteiger partial charge in [0.25, 0.3) is 5.91 Å². The number of ether oxygens (including phenoxy) is 2. The number of anilines is 1. The first-order chi connectivity index (χ1) is 14.9. The highest BCUT2D eigenvalue weighted by Crippen LogP contribution is 2.26. The molecule has 0 aliphatic carbocycles. The van der Waals surface area contributed by atoms with Gasteiger partial charge in [0.15, 0.2) is 11.5 Å². The van der Waals surface area contributed by atoms with Gasteiger partial charge in [-0.2, -0.15) is 5.10 Å². The summed E-state index contributed by atoms with van der Waals surface area (Å²) in [5, 5.41) is 8.96. The van der Waals surface area contributed by atoms with Gasteiger partial charge in [0.2, 0.25) is 11.9 Å². The van der Waals surface area contributed by atoms with Gasteiger partial charge in [0.05, 0.1) is 31.9 Å². The predicted molar refractivity (Wildman–Crippen MR) is 114 cm³/mol. The van der Waals surface area contributed by atoms with E-state index in [1.54, 1.807) is 25.3 Å². The predicted octanol–water partition coefficient (Wildman–Crippen LogP) is 2.30. The largest absolute Gasteiger partial charge is 0.493 e. The molecule has 0 saturated heterocycles. The highest BCUT2D eigenvalue weighted by molar-refractivity contribution is 6.31. The summed E-state index contributed by atoms with van der Waals surface area (Å²) in [7, 11) is 3.07. The lowest BCUT2D eigenvalue weighted by Crippen LogP contribution is -2.35. The van der Waals surface area contributed by atoms with Crippen LogP contribution in [0.5, 0.6) is 11.5 Å². The Morgan fingerprint density at radius 3 is 2.74 bits per heavy atom. The summed E-state index contributed by atoms with van der Waals surface area (Å²) in [4.78, 5) is 28.3. The number of methoxy groups -OCH3 is 2. The first-order valence-electron chi connectivity index (χ1n) is 9.04. The zero-order valence-corrected chi connectivity index (χ0v) is 17.4. The lowest BCUT2D eigenvalue weighted by molar-refractivity contribution is -0.123. The molecular weight excluding hydrogens is 429 g/mol. The summed E-state index contributed by atoms with van der Waals surface area (Å²) in [6.45, 7) is 0. The van der Waals surface area contributed by atoms with Crippen molar-refractivity contribution in [1.82, 2.24) is 10.7 Å². The fourth-order valence-electron chi connectivity index (χ4n) is 2.70. The van der Waals surface area contributed by atoms with Crippen molar-refractivity contribution in [2.45, 2.75) is 12.5 Å². The van der Waals surface area contributed by atoms with Crippen LogP contribution in [0.15, 0.2) is 46.5 Å². The number of nitrogens with zero attached hydrogens (tertiary/aromatic N) is 2. The Labute approximate surface area is 182 Å². The fourth-order valence-corrected chi connectivity index (χ4v) is 2.89. The number of hydrogen-bond donors (Lipinski definition) is 3. The van der Waals surface area contributed by atoms with Gasteiger partial charge in [0.1, 0.15) is 11.9 Å². The molecule has 2 aromatic rings. The normalized spacial score (nSPS) is 15.4. The molecule has 0 aromatic heterocycles. The zero-order valence-electron chi connectivity index (χ0n) is 16.6. The number of rotatable bonds is 7. The van der Waals surface area contributed by atoms with Crippen molar-refractivity contribution in [3.05, 3.63) is 52.8 Å². The maximum absolute atomic E-state index is 13.2. The van der Waals surface area contributed by atoms with Crippen molar-refractivity contribution in [2.24, 2.45) is 10.1 Å². The molecule has 3 rings (SSSR count). The number of nitrogens with one attached hydrogen (secondary N) is 3. The van der Waals surface area contributed by atoms with Gasteiger partial charge in [0, 0.05) is 5.69 Å². The minimum Gasteiger partial charge on any atom is -0.493 e. The maximum atomic E-state index is 13.2. The molecule has 1 atom stereocenters. The van der Waals surface area contributed by atoms with E-state index in [9.17, 15) is 14.0 Å². The molecule has 1 aliphatic heterocycles. The highest BCUT2D eigenvalue weighted by atomic mass is 35.5. The van der Waals surface area contributed by atoms with Crippen LogP contribution in [0.2, 0.25) is 5.02 Å². The maximum Gasteiger partial charge on any atom is 0.252 e. The first-order valence-corrected chi connectivity index (χ1v) is 9.42. The molecule has 0 radical (unpaired) electrons. The van der Waals surface area contributed by atoms with Crippen LogP contribution < -0.4 is 25.5 Å². The van der Waals surface area contributed by atoms with Gasteiger partial charge in [-0.25, -0.2) is 14.8 Å². The summed E-state index contributed by atoms with van der Waals surface area (Å²) in [6, 6.07) is 8.10. The number of benzene rings is 2. The second kappa shape index (κ2) is 9.90.